The van der Waals surface area contributed by atoms with Crippen molar-refractivity contribution in [2.45, 2.75) is 37.7 Å². The maximum absolute atomic E-state index is 11.2. The number of carbonyl (C=O) groups is 1. The van der Waals surface area contributed by atoms with E-state index in [0.29, 0.717) is 19.4 Å². The zero-order valence-electron chi connectivity index (χ0n) is 7.79. The Hall–Kier alpha value is -0.570. The number of fused-ring (bicyclic) bond motifs is 2. The number of carbonyl (C=O) groups excluding carboxylic acids is 1. The monoisotopic (exact) mass is 184 g/mol. The van der Waals surface area contributed by atoms with Crippen molar-refractivity contribution >= 4 is 5.97 Å². The predicted molar refractivity (Wildman–Crippen MR) is 47.8 cm³/mol. The molecular weight excluding hydrogens is 168 g/mol. The van der Waals surface area contributed by atoms with Crippen molar-refractivity contribution in [1.29, 1.82) is 0 Å². The van der Waals surface area contributed by atoms with Gasteiger partial charge in [0.15, 0.2) is 0 Å². The molecule has 2 aliphatic rings. The first-order valence-electron chi connectivity index (χ1n) is 4.59. The first-order valence-corrected chi connectivity index (χ1v) is 4.59. The Kier molecular flexibility index (Phi) is 2.96. The number of rotatable bonds is 0. The van der Waals surface area contributed by atoms with Crippen LogP contribution in [0.5, 0.6) is 0 Å². The standard InChI is InChI=1S/C9H14O3.CH2/c10-8-7-2-1-3-9(11,6-7)4-5-12-8;/h7,11H,1-6H2;1H2. The molecule has 0 aromatic carbocycles. The molecule has 0 aromatic heterocycles. The highest BCUT2D eigenvalue weighted by atomic mass is 16.5. The molecule has 2 bridgehead atoms. The number of hydrogen-bond donors (Lipinski definition) is 1. The quantitative estimate of drug-likeness (QED) is 0.575. The lowest BCUT2D eigenvalue weighted by molar-refractivity contribution is -0.148. The van der Waals surface area contributed by atoms with Crippen molar-refractivity contribution in [3.63, 3.8) is 0 Å². The van der Waals surface area contributed by atoms with Crippen LogP contribution in [0, 0.1) is 13.3 Å². The largest absolute Gasteiger partial charge is 0.465 e. The van der Waals surface area contributed by atoms with Crippen molar-refractivity contribution in [3.8, 4) is 0 Å². The molecule has 13 heavy (non-hydrogen) atoms. The van der Waals surface area contributed by atoms with Crippen LogP contribution in [0.25, 0.3) is 0 Å². The van der Waals surface area contributed by atoms with E-state index in [-0.39, 0.29) is 19.3 Å². The lowest BCUT2D eigenvalue weighted by Crippen LogP contribution is -2.35. The van der Waals surface area contributed by atoms with E-state index in [4.69, 9.17) is 4.74 Å². The van der Waals surface area contributed by atoms with Gasteiger partial charge in [0, 0.05) is 6.42 Å². The smallest absolute Gasteiger partial charge is 0.309 e. The molecule has 1 saturated heterocycles. The fraction of sp³-hybridized carbons (Fsp3) is 0.800. The SMILES string of the molecule is O=C1OCCC2(O)CCCC1C2.[CH2]. The molecule has 1 aliphatic carbocycles. The van der Waals surface area contributed by atoms with E-state index < -0.39 is 5.60 Å². The van der Waals surface area contributed by atoms with E-state index in [9.17, 15) is 9.90 Å². The zero-order chi connectivity index (χ0) is 8.60. The molecular formula is C10H16O3. The van der Waals surface area contributed by atoms with Crippen molar-refractivity contribution in [2.24, 2.45) is 5.92 Å². The Morgan fingerprint density at radius 2 is 2.23 bits per heavy atom. The molecule has 1 aliphatic heterocycles. The van der Waals surface area contributed by atoms with Crippen LogP contribution in [0.4, 0.5) is 0 Å². The fourth-order valence-corrected chi connectivity index (χ4v) is 2.23. The molecule has 2 radical (unpaired) electrons. The van der Waals surface area contributed by atoms with E-state index in [0.717, 1.165) is 19.3 Å². The second-order valence-electron chi connectivity index (χ2n) is 3.94. The Morgan fingerprint density at radius 3 is 3.00 bits per heavy atom. The van der Waals surface area contributed by atoms with Crippen LogP contribution in [-0.4, -0.2) is 23.3 Å². The average molecular weight is 184 g/mol. The van der Waals surface area contributed by atoms with Gasteiger partial charge in [-0.1, -0.05) is 7.43 Å². The molecule has 74 valence electrons. The highest BCUT2D eigenvalue weighted by Crippen LogP contribution is 2.37. The molecule has 1 N–H and O–H groups in total. The van der Waals surface area contributed by atoms with Crippen LogP contribution in [0.15, 0.2) is 0 Å². The van der Waals surface area contributed by atoms with Crippen molar-refractivity contribution in [2.75, 3.05) is 6.61 Å². The summed E-state index contributed by atoms with van der Waals surface area (Å²) < 4.78 is 4.98. The fourth-order valence-electron chi connectivity index (χ4n) is 2.23. The zero-order valence-corrected chi connectivity index (χ0v) is 7.79. The first kappa shape index (κ1) is 10.5. The van der Waals surface area contributed by atoms with Crippen LogP contribution in [0.2, 0.25) is 0 Å². The van der Waals surface area contributed by atoms with Crippen molar-refractivity contribution in [3.05, 3.63) is 7.43 Å². The summed E-state index contributed by atoms with van der Waals surface area (Å²) in [6.07, 6.45) is 3.92. The van der Waals surface area contributed by atoms with E-state index in [1.807, 2.05) is 0 Å². The second-order valence-corrected chi connectivity index (χ2v) is 3.94. The number of esters is 1. The van der Waals surface area contributed by atoms with Crippen LogP contribution < -0.4 is 0 Å². The summed E-state index contributed by atoms with van der Waals surface area (Å²) in [6.45, 7) is 0.395. The third-order valence-electron chi connectivity index (χ3n) is 2.97. The van der Waals surface area contributed by atoms with Gasteiger partial charge in [0.2, 0.25) is 0 Å². The summed E-state index contributed by atoms with van der Waals surface area (Å²) in [5.41, 5.74) is -0.602. The molecule has 0 amide bonds. The van der Waals surface area contributed by atoms with Gasteiger partial charge in [0.25, 0.3) is 0 Å². The molecule has 3 heteroatoms. The minimum atomic E-state index is -0.602. The summed E-state index contributed by atoms with van der Waals surface area (Å²) >= 11 is 0. The lowest BCUT2D eigenvalue weighted by Gasteiger charge is -2.32. The molecule has 0 aromatic rings. The normalized spacial score (nSPS) is 38.5. The van der Waals surface area contributed by atoms with Crippen molar-refractivity contribution in [1.82, 2.24) is 0 Å². The third kappa shape index (κ3) is 2.02. The number of cyclic esters (lactones) is 1. The lowest BCUT2D eigenvalue weighted by atomic mass is 9.77. The average Bonchev–Trinajstić information content (AvgIpc) is 2.11. The Balaban J connectivity index is 0.000000845. The Morgan fingerprint density at radius 1 is 1.46 bits per heavy atom. The molecule has 2 unspecified atom stereocenters. The van der Waals surface area contributed by atoms with E-state index >= 15 is 0 Å². The molecule has 1 heterocycles. The number of aliphatic hydroxyl groups is 1. The summed E-state index contributed by atoms with van der Waals surface area (Å²) in [7, 11) is 0. The molecule has 1 saturated carbocycles. The van der Waals surface area contributed by atoms with Crippen LogP contribution in [-0.2, 0) is 9.53 Å². The van der Waals surface area contributed by atoms with Gasteiger partial charge in [-0.3, -0.25) is 4.79 Å². The van der Waals surface area contributed by atoms with Gasteiger partial charge >= 0.3 is 5.97 Å². The number of hydrogen-bond acceptors (Lipinski definition) is 3. The molecule has 0 spiro atoms. The predicted octanol–water partition coefficient (Wildman–Crippen LogP) is 1.18. The molecule has 2 rings (SSSR count). The summed E-state index contributed by atoms with van der Waals surface area (Å²) in [5.74, 6) is -0.142. The molecule has 2 fully saturated rings. The van der Waals surface area contributed by atoms with Gasteiger partial charge in [0.1, 0.15) is 0 Å². The maximum atomic E-state index is 11.2. The van der Waals surface area contributed by atoms with Gasteiger partial charge in [-0.25, -0.2) is 0 Å². The summed E-state index contributed by atoms with van der Waals surface area (Å²) in [6, 6.07) is 0. The molecule has 3 nitrogen and oxygen atoms in total. The highest BCUT2D eigenvalue weighted by Gasteiger charge is 2.40. The van der Waals surface area contributed by atoms with Gasteiger partial charge in [-0.15, -0.1) is 0 Å². The Labute approximate surface area is 79.1 Å². The Bertz CT molecular complexity index is 202. The minimum absolute atomic E-state index is 0. The minimum Gasteiger partial charge on any atom is -0.465 e. The first-order chi connectivity index (χ1) is 5.70. The topological polar surface area (TPSA) is 46.5 Å². The van der Waals surface area contributed by atoms with Crippen molar-refractivity contribution < 1.29 is 14.6 Å². The summed E-state index contributed by atoms with van der Waals surface area (Å²) in [4.78, 5) is 11.2. The van der Waals surface area contributed by atoms with Gasteiger partial charge in [0.05, 0.1) is 18.1 Å². The van der Waals surface area contributed by atoms with Crippen LogP contribution in [0.1, 0.15) is 32.1 Å². The van der Waals surface area contributed by atoms with Gasteiger partial charge < -0.3 is 9.84 Å². The van der Waals surface area contributed by atoms with E-state index in [1.165, 1.54) is 0 Å². The van der Waals surface area contributed by atoms with E-state index in [1.54, 1.807) is 0 Å². The highest BCUT2D eigenvalue weighted by molar-refractivity contribution is 5.73. The van der Waals surface area contributed by atoms with Gasteiger partial charge in [-0.2, -0.15) is 0 Å². The maximum Gasteiger partial charge on any atom is 0.309 e. The summed E-state index contributed by atoms with van der Waals surface area (Å²) in [5, 5.41) is 9.97. The van der Waals surface area contributed by atoms with Crippen LogP contribution >= 0.6 is 0 Å². The second kappa shape index (κ2) is 3.66. The van der Waals surface area contributed by atoms with Crippen LogP contribution in [0.3, 0.4) is 0 Å². The van der Waals surface area contributed by atoms with E-state index in [2.05, 4.69) is 0 Å². The molecule has 2 atom stereocenters. The van der Waals surface area contributed by atoms with Gasteiger partial charge in [-0.05, 0) is 25.7 Å². The number of ether oxygens (including phenoxy) is 1. The third-order valence-corrected chi connectivity index (χ3v) is 2.97.